The van der Waals surface area contributed by atoms with Crippen molar-refractivity contribution in [1.29, 1.82) is 0 Å². The van der Waals surface area contributed by atoms with Crippen LogP contribution < -0.4 is 10.3 Å². The molecule has 2 atom stereocenters. The van der Waals surface area contributed by atoms with Crippen LogP contribution in [0.4, 0.5) is 10.5 Å². The van der Waals surface area contributed by atoms with E-state index in [2.05, 4.69) is 5.43 Å². The maximum Gasteiger partial charge on any atom is 0.337 e. The van der Waals surface area contributed by atoms with Gasteiger partial charge >= 0.3 is 12.0 Å². The lowest BCUT2D eigenvalue weighted by atomic mass is 10.1. The number of esters is 1. The predicted molar refractivity (Wildman–Crippen MR) is 79.4 cm³/mol. The van der Waals surface area contributed by atoms with Gasteiger partial charge in [-0.05, 0) is 25.5 Å². The summed E-state index contributed by atoms with van der Waals surface area (Å²) in [5, 5.41) is 1.78. The van der Waals surface area contributed by atoms with E-state index >= 15 is 0 Å². The third-order valence-corrected chi connectivity index (χ3v) is 3.76. The molecule has 1 fully saturated rings. The minimum Gasteiger partial charge on any atom is -0.469 e. The van der Waals surface area contributed by atoms with Crippen molar-refractivity contribution in [2.24, 2.45) is 5.92 Å². The first-order chi connectivity index (χ1) is 10.1. The number of amides is 2. The number of rotatable bonds is 5. The summed E-state index contributed by atoms with van der Waals surface area (Å²) in [6.45, 7) is 4.29. The Kier molecular flexibility index (Phi) is 4.80. The Labute approximate surface area is 124 Å². The number of urea groups is 1. The van der Waals surface area contributed by atoms with Gasteiger partial charge in [-0.15, -0.1) is 0 Å². The van der Waals surface area contributed by atoms with Gasteiger partial charge in [0.2, 0.25) is 0 Å². The zero-order valence-electron chi connectivity index (χ0n) is 12.6. The summed E-state index contributed by atoms with van der Waals surface area (Å²) in [5.74, 6) is -0.509. The van der Waals surface area contributed by atoms with Crippen molar-refractivity contribution in [3.8, 4) is 0 Å². The van der Waals surface area contributed by atoms with Gasteiger partial charge in [0.25, 0.3) is 0 Å². The molecule has 1 aromatic rings. The quantitative estimate of drug-likeness (QED) is 0.843. The molecule has 0 spiro atoms. The second-order valence-corrected chi connectivity index (χ2v) is 5.04. The molecule has 0 radical (unpaired) electrons. The van der Waals surface area contributed by atoms with E-state index in [1.54, 1.807) is 9.91 Å². The highest BCUT2D eigenvalue weighted by molar-refractivity contribution is 5.94. The molecule has 0 aliphatic carbocycles. The van der Waals surface area contributed by atoms with E-state index in [1.165, 1.54) is 7.11 Å². The lowest BCUT2D eigenvalue weighted by molar-refractivity contribution is -0.146. The van der Waals surface area contributed by atoms with Gasteiger partial charge in [-0.3, -0.25) is 15.1 Å². The largest absolute Gasteiger partial charge is 0.469 e. The van der Waals surface area contributed by atoms with Gasteiger partial charge in [-0.25, -0.2) is 4.79 Å². The number of benzene rings is 1. The Morgan fingerprint density at radius 1 is 1.38 bits per heavy atom. The van der Waals surface area contributed by atoms with Crippen LogP contribution >= 0.6 is 0 Å². The van der Waals surface area contributed by atoms with E-state index < -0.39 is 0 Å². The lowest BCUT2D eigenvalue weighted by Crippen LogP contribution is -2.43. The minimum absolute atomic E-state index is 0.168. The molecule has 2 unspecified atom stereocenters. The Hall–Kier alpha value is -2.08. The van der Waals surface area contributed by atoms with Gasteiger partial charge in [0, 0.05) is 12.2 Å². The summed E-state index contributed by atoms with van der Waals surface area (Å²) in [6.07, 6.45) is 0.496. The number of hydrogen-bond donors (Lipinski definition) is 1. The van der Waals surface area contributed by atoms with Crippen LogP contribution in [0.3, 0.4) is 0 Å². The van der Waals surface area contributed by atoms with Crippen LogP contribution in [0, 0.1) is 5.92 Å². The summed E-state index contributed by atoms with van der Waals surface area (Å²) in [4.78, 5) is 25.5. The number of carbonyl (C=O) groups is 2. The molecule has 1 saturated heterocycles. The molecule has 21 heavy (non-hydrogen) atoms. The lowest BCUT2D eigenvalue weighted by Gasteiger charge is -2.26. The Balaban J connectivity index is 2.11. The van der Waals surface area contributed by atoms with Crippen LogP contribution in [0.25, 0.3) is 0 Å². The van der Waals surface area contributed by atoms with E-state index in [-0.39, 0.29) is 24.1 Å². The highest BCUT2D eigenvalue weighted by Gasteiger charge is 2.37. The number of nitrogens with one attached hydrogen (secondary N) is 1. The predicted octanol–water partition coefficient (Wildman–Crippen LogP) is 1.98. The molecule has 2 rings (SSSR count). The van der Waals surface area contributed by atoms with Gasteiger partial charge in [-0.1, -0.05) is 25.1 Å². The fourth-order valence-corrected chi connectivity index (χ4v) is 2.47. The monoisotopic (exact) mass is 291 g/mol. The summed E-state index contributed by atoms with van der Waals surface area (Å²) in [5.41, 5.74) is 3.64. The van der Waals surface area contributed by atoms with Crippen molar-refractivity contribution >= 4 is 17.7 Å². The van der Waals surface area contributed by atoms with E-state index in [1.807, 2.05) is 44.2 Å². The van der Waals surface area contributed by atoms with Crippen molar-refractivity contribution in [2.75, 3.05) is 18.6 Å². The minimum atomic E-state index is -0.256. The molecular formula is C15H21N3O3. The van der Waals surface area contributed by atoms with Gasteiger partial charge in [0.15, 0.2) is 0 Å². The number of methoxy groups -OCH3 is 1. The number of hydrogen-bond acceptors (Lipinski definition) is 4. The van der Waals surface area contributed by atoms with Gasteiger partial charge < -0.3 is 4.74 Å². The van der Waals surface area contributed by atoms with Crippen molar-refractivity contribution in [3.05, 3.63) is 30.3 Å². The van der Waals surface area contributed by atoms with Crippen molar-refractivity contribution in [1.82, 2.24) is 10.4 Å². The zero-order chi connectivity index (χ0) is 15.4. The van der Waals surface area contributed by atoms with Crippen LogP contribution in [0.2, 0.25) is 0 Å². The summed E-state index contributed by atoms with van der Waals surface area (Å²) >= 11 is 0. The summed E-state index contributed by atoms with van der Waals surface area (Å²) < 4.78 is 4.80. The summed E-state index contributed by atoms with van der Waals surface area (Å²) in [7, 11) is 1.38. The van der Waals surface area contributed by atoms with E-state index in [4.69, 9.17) is 4.74 Å². The first-order valence-electron chi connectivity index (χ1n) is 7.07. The molecule has 0 bridgehead atoms. The second-order valence-electron chi connectivity index (χ2n) is 5.04. The van der Waals surface area contributed by atoms with Crippen molar-refractivity contribution in [2.45, 2.75) is 26.4 Å². The van der Waals surface area contributed by atoms with Crippen molar-refractivity contribution in [3.63, 3.8) is 0 Å². The third kappa shape index (κ3) is 3.16. The van der Waals surface area contributed by atoms with Crippen molar-refractivity contribution < 1.29 is 14.3 Å². The second kappa shape index (κ2) is 6.58. The Morgan fingerprint density at radius 2 is 2.05 bits per heavy atom. The van der Waals surface area contributed by atoms with E-state index in [0.29, 0.717) is 13.0 Å². The molecule has 0 saturated carbocycles. The van der Waals surface area contributed by atoms with Crippen LogP contribution in [-0.4, -0.2) is 36.8 Å². The molecule has 2 amide bonds. The molecule has 1 aromatic carbocycles. The van der Waals surface area contributed by atoms with E-state index in [9.17, 15) is 9.59 Å². The number of anilines is 1. The molecule has 114 valence electrons. The molecule has 6 nitrogen and oxygen atoms in total. The number of ether oxygens (including phenoxy) is 1. The zero-order valence-corrected chi connectivity index (χ0v) is 12.6. The standard InChI is InChI=1S/C15H21N3O3/c1-4-12(14(19)21-3)10-17-11(2)18(15(20)16-17)13-8-6-5-7-9-13/h5-9,11-12H,4,10H2,1-3H3,(H,16,20). The molecular weight excluding hydrogens is 270 g/mol. The smallest absolute Gasteiger partial charge is 0.337 e. The Bertz CT molecular complexity index is 506. The maximum absolute atomic E-state index is 12.2. The van der Waals surface area contributed by atoms with E-state index in [0.717, 1.165) is 5.69 Å². The number of hydrazine groups is 1. The Morgan fingerprint density at radius 3 is 2.62 bits per heavy atom. The highest BCUT2D eigenvalue weighted by Crippen LogP contribution is 2.23. The average molecular weight is 291 g/mol. The van der Waals surface area contributed by atoms with Crippen LogP contribution in [-0.2, 0) is 9.53 Å². The van der Waals surface area contributed by atoms with Crippen LogP contribution in [0.5, 0.6) is 0 Å². The maximum atomic E-state index is 12.2. The molecule has 6 heteroatoms. The first-order valence-corrected chi connectivity index (χ1v) is 7.07. The SMILES string of the molecule is CCC(CN1NC(=O)N(c2ccccc2)C1C)C(=O)OC. The third-order valence-electron chi connectivity index (χ3n) is 3.76. The molecule has 1 aliphatic rings. The number of carbonyl (C=O) groups excluding carboxylic acids is 2. The first kappa shape index (κ1) is 15.3. The van der Waals surface area contributed by atoms with Crippen LogP contribution in [0.15, 0.2) is 30.3 Å². The molecule has 0 aromatic heterocycles. The topological polar surface area (TPSA) is 61.9 Å². The fraction of sp³-hybridized carbons (Fsp3) is 0.467. The normalized spacial score (nSPS) is 20.2. The highest BCUT2D eigenvalue weighted by atomic mass is 16.5. The molecule has 1 heterocycles. The number of nitrogens with zero attached hydrogens (tertiary/aromatic N) is 2. The molecule has 1 aliphatic heterocycles. The van der Waals surface area contributed by atoms with Gasteiger partial charge in [0.05, 0.1) is 13.0 Å². The van der Waals surface area contributed by atoms with Crippen LogP contribution in [0.1, 0.15) is 20.3 Å². The summed E-state index contributed by atoms with van der Waals surface area (Å²) in [6, 6.07) is 9.27. The fourth-order valence-electron chi connectivity index (χ4n) is 2.47. The van der Waals surface area contributed by atoms with Gasteiger partial charge in [0.1, 0.15) is 6.17 Å². The average Bonchev–Trinajstić information content (AvgIpc) is 2.79. The number of para-hydroxylation sites is 1. The molecule has 1 N–H and O–H groups in total. The van der Waals surface area contributed by atoms with Gasteiger partial charge in [-0.2, -0.15) is 5.01 Å².